The van der Waals surface area contributed by atoms with E-state index in [2.05, 4.69) is 43.3 Å². The summed E-state index contributed by atoms with van der Waals surface area (Å²) in [5.74, 6) is -1.42. The molecule has 1 aromatic carbocycles. The highest BCUT2D eigenvalue weighted by atomic mass is 19.3. The highest BCUT2D eigenvalue weighted by Crippen LogP contribution is 2.40. The Kier molecular flexibility index (Phi) is 7.61. The number of unbranched alkanes of at least 4 members (excludes halogenated alkanes) is 3. The minimum Gasteiger partial charge on any atom is -0.206 e. The summed E-state index contributed by atoms with van der Waals surface area (Å²) >= 11 is 0. The van der Waals surface area contributed by atoms with Gasteiger partial charge in [0.05, 0.1) is 0 Å². The van der Waals surface area contributed by atoms with Crippen molar-refractivity contribution in [3.8, 4) is 0 Å². The summed E-state index contributed by atoms with van der Waals surface area (Å²) in [6, 6.07) is 8.47. The van der Waals surface area contributed by atoms with Crippen LogP contribution in [-0.4, -0.2) is 0 Å². The first-order chi connectivity index (χ1) is 11.6. The fourth-order valence-corrected chi connectivity index (χ4v) is 3.45. The van der Waals surface area contributed by atoms with E-state index >= 15 is 0 Å². The molecule has 2 rings (SSSR count). The Morgan fingerprint density at radius 2 is 1.67 bits per heavy atom. The molecule has 0 N–H and O–H groups in total. The van der Waals surface area contributed by atoms with Crippen molar-refractivity contribution in [1.29, 1.82) is 0 Å². The number of allylic oxidation sites excluding steroid dienone is 2. The largest absolute Gasteiger partial charge is 0.301 e. The summed E-state index contributed by atoms with van der Waals surface area (Å²) < 4.78 is 38.0. The average Bonchev–Trinajstić information content (AvgIpc) is 2.61. The number of rotatable bonds is 7. The zero-order valence-corrected chi connectivity index (χ0v) is 14.4. The van der Waals surface area contributed by atoms with E-state index < -0.39 is 17.8 Å². The molecule has 24 heavy (non-hydrogen) atoms. The molecule has 0 spiro atoms. The van der Waals surface area contributed by atoms with Crippen molar-refractivity contribution >= 4 is 6.08 Å². The maximum Gasteiger partial charge on any atom is 0.301 e. The van der Waals surface area contributed by atoms with Crippen LogP contribution in [0.2, 0.25) is 0 Å². The van der Waals surface area contributed by atoms with Gasteiger partial charge in [-0.15, -0.1) is 0 Å². The molecule has 0 heterocycles. The summed E-state index contributed by atoms with van der Waals surface area (Å²) in [6.07, 6.45) is 9.65. The Morgan fingerprint density at radius 1 is 1.00 bits per heavy atom. The van der Waals surface area contributed by atoms with Gasteiger partial charge in [0.1, 0.15) is 0 Å². The smallest absolute Gasteiger partial charge is 0.206 e. The topological polar surface area (TPSA) is 0 Å². The van der Waals surface area contributed by atoms with Crippen LogP contribution in [0.1, 0.15) is 75.3 Å². The average molecular weight is 336 g/mol. The minimum absolute atomic E-state index is 0.360. The monoisotopic (exact) mass is 336 g/mol. The lowest BCUT2D eigenvalue weighted by atomic mass is 9.78. The highest BCUT2D eigenvalue weighted by Gasteiger charge is 2.27. The van der Waals surface area contributed by atoms with Crippen LogP contribution in [0, 0.1) is 5.92 Å². The molecular formula is C21H27F3. The van der Waals surface area contributed by atoms with Gasteiger partial charge in [-0.2, -0.15) is 8.78 Å². The van der Waals surface area contributed by atoms with Crippen molar-refractivity contribution in [2.75, 3.05) is 0 Å². The van der Waals surface area contributed by atoms with Crippen molar-refractivity contribution in [3.63, 3.8) is 0 Å². The van der Waals surface area contributed by atoms with Crippen molar-refractivity contribution in [2.45, 2.75) is 64.2 Å². The quantitative estimate of drug-likeness (QED) is 0.449. The molecule has 1 fully saturated rings. The van der Waals surface area contributed by atoms with Gasteiger partial charge in [0.25, 0.3) is 0 Å². The molecule has 0 saturated heterocycles. The van der Waals surface area contributed by atoms with E-state index in [9.17, 15) is 13.2 Å². The normalized spacial score (nSPS) is 21.2. The van der Waals surface area contributed by atoms with Crippen LogP contribution in [0.25, 0.3) is 6.08 Å². The molecule has 0 unspecified atom stereocenters. The van der Waals surface area contributed by atoms with Gasteiger partial charge in [0.15, 0.2) is 5.83 Å². The first kappa shape index (κ1) is 18.8. The Bertz CT molecular complexity index is 545. The number of hydrogen-bond acceptors (Lipinski definition) is 0. The Morgan fingerprint density at radius 3 is 2.25 bits per heavy atom. The molecule has 3 heteroatoms. The molecular weight excluding hydrogens is 309 g/mol. The third kappa shape index (κ3) is 5.54. The van der Waals surface area contributed by atoms with Gasteiger partial charge in [-0.05, 0) is 55.6 Å². The molecule has 1 aliphatic carbocycles. The van der Waals surface area contributed by atoms with Gasteiger partial charge in [0, 0.05) is 5.92 Å². The van der Waals surface area contributed by atoms with Crippen LogP contribution in [-0.2, 0) is 0 Å². The second kappa shape index (κ2) is 9.71. The van der Waals surface area contributed by atoms with E-state index in [0.717, 1.165) is 19.3 Å². The molecule has 0 aliphatic heterocycles. The molecule has 0 nitrogen and oxygen atoms in total. The molecule has 0 bridgehead atoms. The lowest BCUT2D eigenvalue weighted by molar-refractivity contribution is 0.281. The summed E-state index contributed by atoms with van der Waals surface area (Å²) in [4.78, 5) is 0. The molecule has 1 aromatic rings. The first-order valence-corrected chi connectivity index (χ1v) is 9.09. The van der Waals surface area contributed by atoms with Gasteiger partial charge in [-0.3, -0.25) is 0 Å². The van der Waals surface area contributed by atoms with E-state index in [4.69, 9.17) is 0 Å². The van der Waals surface area contributed by atoms with Crippen molar-refractivity contribution in [3.05, 3.63) is 53.4 Å². The standard InChI is InChI=1S/C21H27F3/c1-2-3-4-5-6-7-16-8-10-17(11-9-16)18-12-14-19(15-13-18)20(22)21(23)24/h6-11,18-19H,2-5,12-15H2,1H3/b7-6+. The molecule has 1 aliphatic rings. The van der Waals surface area contributed by atoms with Gasteiger partial charge in [-0.1, -0.05) is 56.2 Å². The van der Waals surface area contributed by atoms with E-state index in [1.807, 2.05) is 0 Å². The van der Waals surface area contributed by atoms with Gasteiger partial charge in [0.2, 0.25) is 0 Å². The third-order valence-corrected chi connectivity index (χ3v) is 4.96. The van der Waals surface area contributed by atoms with Crippen LogP contribution >= 0.6 is 0 Å². The molecule has 0 amide bonds. The third-order valence-electron chi connectivity index (χ3n) is 4.96. The van der Waals surface area contributed by atoms with Gasteiger partial charge in [-0.25, -0.2) is 4.39 Å². The van der Waals surface area contributed by atoms with Crippen LogP contribution in [0.5, 0.6) is 0 Å². The molecule has 0 aromatic heterocycles. The van der Waals surface area contributed by atoms with Gasteiger partial charge >= 0.3 is 6.08 Å². The zero-order chi connectivity index (χ0) is 17.4. The maximum absolute atomic E-state index is 13.3. The van der Waals surface area contributed by atoms with Crippen LogP contribution in [0.3, 0.4) is 0 Å². The molecule has 132 valence electrons. The van der Waals surface area contributed by atoms with Crippen LogP contribution in [0.15, 0.2) is 42.2 Å². The maximum atomic E-state index is 13.3. The van der Waals surface area contributed by atoms with E-state index in [-0.39, 0.29) is 0 Å². The van der Waals surface area contributed by atoms with Crippen molar-refractivity contribution < 1.29 is 13.2 Å². The predicted octanol–water partition coefficient (Wildman–Crippen LogP) is 7.63. The Hall–Kier alpha value is -1.51. The van der Waals surface area contributed by atoms with Crippen molar-refractivity contribution in [2.24, 2.45) is 5.92 Å². The van der Waals surface area contributed by atoms with E-state index in [0.29, 0.717) is 18.8 Å². The lowest BCUT2D eigenvalue weighted by Gasteiger charge is -2.27. The zero-order valence-electron chi connectivity index (χ0n) is 14.4. The fourth-order valence-electron chi connectivity index (χ4n) is 3.45. The summed E-state index contributed by atoms with van der Waals surface area (Å²) in [6.45, 7) is 2.20. The number of benzene rings is 1. The predicted molar refractivity (Wildman–Crippen MR) is 94.7 cm³/mol. The lowest BCUT2D eigenvalue weighted by Crippen LogP contribution is -2.14. The molecule has 1 saturated carbocycles. The van der Waals surface area contributed by atoms with Crippen LogP contribution in [0.4, 0.5) is 13.2 Å². The summed E-state index contributed by atoms with van der Waals surface area (Å²) in [5, 5.41) is 0. The minimum atomic E-state index is -2.14. The second-order valence-electron chi connectivity index (χ2n) is 6.72. The Labute approximate surface area is 143 Å². The summed E-state index contributed by atoms with van der Waals surface area (Å²) in [5.41, 5.74) is 2.43. The number of halogens is 3. The summed E-state index contributed by atoms with van der Waals surface area (Å²) in [7, 11) is 0. The van der Waals surface area contributed by atoms with E-state index in [1.165, 1.54) is 30.4 Å². The number of hydrogen-bond donors (Lipinski definition) is 0. The fraction of sp³-hybridized carbons (Fsp3) is 0.524. The van der Waals surface area contributed by atoms with Crippen LogP contribution < -0.4 is 0 Å². The highest BCUT2D eigenvalue weighted by molar-refractivity contribution is 5.49. The first-order valence-electron chi connectivity index (χ1n) is 9.09. The Balaban J connectivity index is 1.85. The molecule has 0 atom stereocenters. The SMILES string of the molecule is CCCCC/C=C/c1ccc(C2CCC(C(F)=C(F)F)CC2)cc1. The van der Waals surface area contributed by atoms with Gasteiger partial charge < -0.3 is 0 Å². The van der Waals surface area contributed by atoms with Crippen molar-refractivity contribution in [1.82, 2.24) is 0 Å². The molecule has 0 radical (unpaired) electrons. The second-order valence-corrected chi connectivity index (χ2v) is 6.72. The van der Waals surface area contributed by atoms with E-state index in [1.54, 1.807) is 0 Å².